The van der Waals surface area contributed by atoms with Crippen LogP contribution in [0.15, 0.2) is 24.3 Å². The lowest BCUT2D eigenvalue weighted by Gasteiger charge is -2.21. The fourth-order valence-corrected chi connectivity index (χ4v) is 5.08. The number of thiophene rings is 1. The van der Waals surface area contributed by atoms with Crippen molar-refractivity contribution in [2.24, 2.45) is 5.92 Å². The largest absolute Gasteiger partial charge is 0.454 e. The zero-order valence-corrected chi connectivity index (χ0v) is 17.6. The second-order valence-electron chi connectivity index (χ2n) is 7.38. The minimum Gasteiger partial charge on any atom is -0.454 e. The smallest absolute Gasteiger partial charge is 0.263 e. The average molecular weight is 415 g/mol. The zero-order valence-electron chi connectivity index (χ0n) is 16.8. The first kappa shape index (κ1) is 19.8. The van der Waals surface area contributed by atoms with Gasteiger partial charge in [0.2, 0.25) is 12.7 Å². The second kappa shape index (κ2) is 8.45. The molecule has 1 aromatic carbocycles. The second-order valence-corrected chi connectivity index (χ2v) is 8.52. The van der Waals surface area contributed by atoms with Crippen LogP contribution in [0.1, 0.15) is 45.9 Å². The first-order valence-electron chi connectivity index (χ1n) is 10.2. The van der Waals surface area contributed by atoms with Gasteiger partial charge in [-0.15, -0.1) is 11.3 Å². The number of carbonyl (C=O) groups is 2. The summed E-state index contributed by atoms with van der Waals surface area (Å²) in [7, 11) is 0. The van der Waals surface area contributed by atoms with Crippen LogP contribution in [0.2, 0.25) is 0 Å². The first-order chi connectivity index (χ1) is 14.1. The Kier molecular flexibility index (Phi) is 5.76. The molecule has 1 unspecified atom stereocenters. The molecule has 0 spiro atoms. The molecule has 2 heterocycles. The summed E-state index contributed by atoms with van der Waals surface area (Å²) in [6.07, 6.45) is 2.37. The van der Waals surface area contributed by atoms with Crippen LogP contribution in [0, 0.1) is 5.92 Å². The van der Waals surface area contributed by atoms with Crippen molar-refractivity contribution >= 4 is 23.2 Å². The molecular formula is C22H26N2O4S. The average Bonchev–Trinajstić information content (AvgIpc) is 3.38. The highest BCUT2D eigenvalue weighted by Gasteiger charge is 2.28. The summed E-state index contributed by atoms with van der Waals surface area (Å²) >= 11 is 1.59. The van der Waals surface area contributed by atoms with Gasteiger partial charge < -0.3 is 19.7 Å². The van der Waals surface area contributed by atoms with Gasteiger partial charge >= 0.3 is 0 Å². The van der Waals surface area contributed by atoms with Crippen molar-refractivity contribution in [3.63, 3.8) is 0 Å². The molecule has 2 amide bonds. The van der Waals surface area contributed by atoms with Gasteiger partial charge in [0.15, 0.2) is 11.5 Å². The highest BCUT2D eigenvalue weighted by atomic mass is 32.1. The maximum atomic E-state index is 12.7. The standard InChI is InChI=1S/C22H26N2O4S/c1-3-24(4-2)22(26)20-11-16-10-15(6-8-19(16)29-20)21(25)23-12-14-5-7-17-18(9-14)28-13-27-17/h5,7,9,11,15H,3-4,6,8,10,12-13H2,1-2H3,(H,23,25). The number of ether oxygens (including phenoxy) is 2. The van der Waals surface area contributed by atoms with Crippen molar-refractivity contribution in [1.29, 1.82) is 0 Å². The Labute approximate surface area is 174 Å². The van der Waals surface area contributed by atoms with Gasteiger partial charge in [0.1, 0.15) is 0 Å². The van der Waals surface area contributed by atoms with Crippen molar-refractivity contribution in [2.45, 2.75) is 39.7 Å². The van der Waals surface area contributed by atoms with Gasteiger partial charge in [-0.25, -0.2) is 0 Å². The lowest BCUT2D eigenvalue weighted by molar-refractivity contribution is -0.125. The summed E-state index contributed by atoms with van der Waals surface area (Å²) in [6.45, 7) is 6.12. The summed E-state index contributed by atoms with van der Waals surface area (Å²) in [5.41, 5.74) is 2.14. The van der Waals surface area contributed by atoms with E-state index in [1.807, 2.05) is 43.0 Å². The van der Waals surface area contributed by atoms with Gasteiger partial charge in [-0.3, -0.25) is 9.59 Å². The van der Waals surface area contributed by atoms with Gasteiger partial charge in [-0.05, 0) is 62.4 Å². The Hall–Kier alpha value is -2.54. The van der Waals surface area contributed by atoms with Gasteiger partial charge in [-0.1, -0.05) is 6.07 Å². The van der Waals surface area contributed by atoms with Gasteiger partial charge in [-0.2, -0.15) is 0 Å². The van der Waals surface area contributed by atoms with E-state index in [1.165, 1.54) is 4.88 Å². The molecule has 2 aromatic rings. The molecule has 0 radical (unpaired) electrons. The molecule has 4 rings (SSSR count). The molecule has 0 saturated carbocycles. The van der Waals surface area contributed by atoms with E-state index in [1.54, 1.807) is 11.3 Å². The van der Waals surface area contributed by atoms with E-state index in [0.717, 1.165) is 40.3 Å². The lowest BCUT2D eigenvalue weighted by Crippen LogP contribution is -2.33. The van der Waals surface area contributed by atoms with Crippen molar-refractivity contribution in [1.82, 2.24) is 10.2 Å². The highest BCUT2D eigenvalue weighted by molar-refractivity contribution is 7.14. The van der Waals surface area contributed by atoms with E-state index in [2.05, 4.69) is 5.32 Å². The van der Waals surface area contributed by atoms with Crippen molar-refractivity contribution in [3.05, 3.63) is 45.1 Å². The maximum Gasteiger partial charge on any atom is 0.263 e. The van der Waals surface area contributed by atoms with Crippen LogP contribution in [0.3, 0.4) is 0 Å². The highest BCUT2D eigenvalue weighted by Crippen LogP contribution is 2.34. The summed E-state index contributed by atoms with van der Waals surface area (Å²) in [4.78, 5) is 29.2. The van der Waals surface area contributed by atoms with Crippen LogP contribution in [-0.2, 0) is 24.2 Å². The number of nitrogens with one attached hydrogen (secondary N) is 1. The molecule has 7 heteroatoms. The van der Waals surface area contributed by atoms with E-state index < -0.39 is 0 Å². The van der Waals surface area contributed by atoms with Crippen LogP contribution >= 0.6 is 11.3 Å². The Morgan fingerprint density at radius 3 is 2.76 bits per heavy atom. The molecule has 0 fully saturated rings. The molecule has 1 aromatic heterocycles. The van der Waals surface area contributed by atoms with Crippen molar-refractivity contribution in [3.8, 4) is 11.5 Å². The van der Waals surface area contributed by atoms with E-state index >= 15 is 0 Å². The first-order valence-corrected chi connectivity index (χ1v) is 11.0. The van der Waals surface area contributed by atoms with Crippen molar-refractivity contribution < 1.29 is 19.1 Å². The Bertz CT molecular complexity index is 920. The monoisotopic (exact) mass is 414 g/mol. The molecular weight excluding hydrogens is 388 g/mol. The number of benzene rings is 1. The number of amides is 2. The van der Waals surface area contributed by atoms with Crippen LogP contribution in [-0.4, -0.2) is 36.6 Å². The molecule has 1 aliphatic heterocycles. The number of hydrogen-bond donors (Lipinski definition) is 1. The Morgan fingerprint density at radius 2 is 1.97 bits per heavy atom. The summed E-state index contributed by atoms with van der Waals surface area (Å²) in [6, 6.07) is 7.72. The van der Waals surface area contributed by atoms with Crippen LogP contribution in [0.4, 0.5) is 0 Å². The molecule has 0 bridgehead atoms. The number of fused-ring (bicyclic) bond motifs is 2. The predicted molar refractivity (Wildman–Crippen MR) is 111 cm³/mol. The molecule has 0 saturated heterocycles. The van der Waals surface area contributed by atoms with Crippen LogP contribution in [0.5, 0.6) is 11.5 Å². The SMILES string of the molecule is CCN(CC)C(=O)c1cc2c(s1)CCC(C(=O)NCc1ccc3c(c1)OCO3)C2. The topological polar surface area (TPSA) is 67.9 Å². The number of carbonyl (C=O) groups excluding carboxylic acids is 2. The van der Waals surface area contributed by atoms with Crippen LogP contribution < -0.4 is 14.8 Å². The quantitative estimate of drug-likeness (QED) is 0.787. The molecule has 1 atom stereocenters. The third-order valence-electron chi connectivity index (χ3n) is 5.62. The fourth-order valence-electron chi connectivity index (χ4n) is 3.90. The van der Waals surface area contributed by atoms with Gasteiger partial charge in [0.25, 0.3) is 5.91 Å². The third kappa shape index (κ3) is 4.10. The molecule has 29 heavy (non-hydrogen) atoms. The molecule has 6 nitrogen and oxygen atoms in total. The number of nitrogens with zero attached hydrogens (tertiary/aromatic N) is 1. The van der Waals surface area contributed by atoms with Gasteiger partial charge in [0.05, 0.1) is 4.88 Å². The lowest BCUT2D eigenvalue weighted by atomic mass is 9.87. The minimum atomic E-state index is -0.0532. The van der Waals surface area contributed by atoms with E-state index in [-0.39, 0.29) is 24.5 Å². The Balaban J connectivity index is 1.36. The molecule has 1 aliphatic carbocycles. The van der Waals surface area contributed by atoms with E-state index in [9.17, 15) is 9.59 Å². The van der Waals surface area contributed by atoms with Crippen molar-refractivity contribution in [2.75, 3.05) is 19.9 Å². The number of aryl methyl sites for hydroxylation is 1. The summed E-state index contributed by atoms with van der Waals surface area (Å²) in [5.74, 6) is 1.58. The molecule has 154 valence electrons. The number of rotatable bonds is 6. The van der Waals surface area contributed by atoms with Gasteiger partial charge in [0, 0.05) is 30.4 Å². The normalized spacial score (nSPS) is 17.0. The van der Waals surface area contributed by atoms with E-state index in [4.69, 9.17) is 9.47 Å². The molecule has 1 N–H and O–H groups in total. The summed E-state index contributed by atoms with van der Waals surface area (Å²) < 4.78 is 10.7. The zero-order chi connectivity index (χ0) is 20.4. The van der Waals surface area contributed by atoms with Crippen LogP contribution in [0.25, 0.3) is 0 Å². The maximum absolute atomic E-state index is 12.7. The fraction of sp³-hybridized carbons (Fsp3) is 0.455. The Morgan fingerprint density at radius 1 is 1.17 bits per heavy atom. The van der Waals surface area contributed by atoms with E-state index in [0.29, 0.717) is 26.1 Å². The third-order valence-corrected chi connectivity index (χ3v) is 6.84. The molecule has 2 aliphatic rings. The number of hydrogen-bond acceptors (Lipinski definition) is 5. The summed E-state index contributed by atoms with van der Waals surface area (Å²) in [5, 5.41) is 3.05. The predicted octanol–water partition coefficient (Wildman–Crippen LogP) is 3.38. The minimum absolute atomic E-state index is 0.0532.